The number of hydrogen-bond donors (Lipinski definition) is 0. The van der Waals surface area contributed by atoms with E-state index in [9.17, 15) is 0 Å². The smallest absolute Gasteiger partial charge is 0.253 e. The van der Waals surface area contributed by atoms with Crippen molar-refractivity contribution in [3.05, 3.63) is 23.9 Å². The lowest BCUT2D eigenvalue weighted by molar-refractivity contribution is 0.598. The van der Waals surface area contributed by atoms with E-state index in [4.69, 9.17) is 0 Å². The average molecular weight is 315 g/mol. The van der Waals surface area contributed by atoms with Crippen LogP contribution in [0.2, 0.25) is 0 Å². The summed E-state index contributed by atoms with van der Waals surface area (Å²) in [4.78, 5) is 8.54. The van der Waals surface area contributed by atoms with Gasteiger partial charge in [0.15, 0.2) is 5.16 Å². The minimum Gasteiger partial charge on any atom is -0.302 e. The van der Waals surface area contributed by atoms with E-state index in [0.717, 1.165) is 21.7 Å². The first-order chi connectivity index (χ1) is 10.6. The predicted octanol–water partition coefficient (Wildman–Crippen LogP) is 2.63. The quantitative estimate of drug-likeness (QED) is 0.689. The molecule has 0 unspecified atom stereocenters. The minimum atomic E-state index is 0.369. The highest BCUT2D eigenvalue weighted by Crippen LogP contribution is 2.41. The van der Waals surface area contributed by atoms with Crippen LogP contribution in [0.15, 0.2) is 22.6 Å². The zero-order chi connectivity index (χ0) is 15.3. The third-order valence-corrected chi connectivity index (χ3v) is 4.62. The van der Waals surface area contributed by atoms with Gasteiger partial charge in [-0.1, -0.05) is 13.8 Å². The highest BCUT2D eigenvalue weighted by atomic mass is 32.2. The number of aromatic nitrogens is 7. The van der Waals surface area contributed by atoms with Crippen LogP contribution in [0.3, 0.4) is 0 Å². The van der Waals surface area contributed by atoms with Crippen LogP contribution in [-0.4, -0.2) is 34.3 Å². The second-order valence-electron chi connectivity index (χ2n) is 5.91. The van der Waals surface area contributed by atoms with Gasteiger partial charge in [0.05, 0.1) is 0 Å². The molecule has 0 bridgehead atoms. The molecule has 0 aromatic carbocycles. The van der Waals surface area contributed by atoms with Crippen molar-refractivity contribution in [3.63, 3.8) is 0 Å². The molecule has 3 heterocycles. The Morgan fingerprint density at radius 1 is 1.27 bits per heavy atom. The van der Waals surface area contributed by atoms with Crippen LogP contribution in [0.1, 0.15) is 50.2 Å². The van der Waals surface area contributed by atoms with Crippen LogP contribution in [0.5, 0.6) is 0 Å². The van der Waals surface area contributed by atoms with E-state index in [-0.39, 0.29) is 0 Å². The molecule has 0 radical (unpaired) electrons. The number of rotatable bonds is 4. The molecule has 7 nitrogen and oxygen atoms in total. The van der Waals surface area contributed by atoms with Gasteiger partial charge in [0.25, 0.3) is 5.78 Å². The van der Waals surface area contributed by atoms with Crippen LogP contribution in [-0.2, 0) is 0 Å². The molecule has 114 valence electrons. The van der Waals surface area contributed by atoms with Gasteiger partial charge in [0.2, 0.25) is 0 Å². The summed E-state index contributed by atoms with van der Waals surface area (Å²) in [5.41, 5.74) is 0.921. The first-order valence-electron chi connectivity index (χ1n) is 7.43. The van der Waals surface area contributed by atoms with Gasteiger partial charge in [-0.25, -0.2) is 4.98 Å². The van der Waals surface area contributed by atoms with Gasteiger partial charge in [-0.2, -0.15) is 14.6 Å². The molecular weight excluding hydrogens is 298 g/mol. The molecule has 22 heavy (non-hydrogen) atoms. The van der Waals surface area contributed by atoms with E-state index in [2.05, 4.69) is 43.7 Å². The van der Waals surface area contributed by atoms with Crippen LogP contribution in [0.25, 0.3) is 5.78 Å². The van der Waals surface area contributed by atoms with E-state index in [0.29, 0.717) is 17.7 Å². The first-order valence-corrected chi connectivity index (χ1v) is 8.25. The molecule has 0 spiro atoms. The highest BCUT2D eigenvalue weighted by molar-refractivity contribution is 7.99. The first kappa shape index (κ1) is 13.7. The SMILES string of the molecule is Cc1cc(Sc2nnc(C(C)C)n2C2CC2)n2ncnc2n1. The van der Waals surface area contributed by atoms with Crippen LogP contribution in [0, 0.1) is 6.92 Å². The molecule has 1 saturated carbocycles. The summed E-state index contributed by atoms with van der Waals surface area (Å²) in [5.74, 6) is 2.04. The molecule has 4 rings (SSSR count). The Labute approximate surface area is 132 Å². The Kier molecular flexibility index (Phi) is 3.14. The van der Waals surface area contributed by atoms with E-state index in [1.54, 1.807) is 16.3 Å². The van der Waals surface area contributed by atoms with Crippen molar-refractivity contribution in [3.8, 4) is 0 Å². The van der Waals surface area contributed by atoms with Gasteiger partial charge in [-0.3, -0.25) is 0 Å². The molecule has 0 aliphatic heterocycles. The summed E-state index contributed by atoms with van der Waals surface area (Å²) in [7, 11) is 0. The molecule has 1 aliphatic rings. The van der Waals surface area contributed by atoms with E-state index < -0.39 is 0 Å². The lowest BCUT2D eigenvalue weighted by Gasteiger charge is -2.11. The number of fused-ring (bicyclic) bond motifs is 1. The summed E-state index contributed by atoms with van der Waals surface area (Å²) in [6.45, 7) is 6.27. The molecule has 0 saturated heterocycles. The van der Waals surface area contributed by atoms with E-state index in [1.165, 1.54) is 19.2 Å². The normalized spacial score (nSPS) is 15.1. The second-order valence-corrected chi connectivity index (χ2v) is 6.89. The molecule has 0 atom stereocenters. The Hall–Kier alpha value is -1.96. The zero-order valence-electron chi connectivity index (χ0n) is 12.8. The molecule has 8 heteroatoms. The monoisotopic (exact) mass is 315 g/mol. The maximum Gasteiger partial charge on any atom is 0.253 e. The van der Waals surface area contributed by atoms with Crippen LogP contribution < -0.4 is 0 Å². The van der Waals surface area contributed by atoms with Crippen molar-refractivity contribution < 1.29 is 0 Å². The van der Waals surface area contributed by atoms with Crippen molar-refractivity contribution in [2.75, 3.05) is 0 Å². The summed E-state index contributed by atoms with van der Waals surface area (Å²) in [6.07, 6.45) is 3.94. The maximum atomic E-state index is 4.41. The Bertz CT molecular complexity index is 831. The molecule has 0 N–H and O–H groups in total. The zero-order valence-corrected chi connectivity index (χ0v) is 13.6. The number of hydrogen-bond acceptors (Lipinski definition) is 6. The highest BCUT2D eigenvalue weighted by Gasteiger charge is 2.31. The van der Waals surface area contributed by atoms with Gasteiger partial charge in [0.1, 0.15) is 17.2 Å². The van der Waals surface area contributed by atoms with E-state index >= 15 is 0 Å². The molecule has 3 aromatic rings. The fourth-order valence-electron chi connectivity index (χ4n) is 2.49. The molecule has 1 fully saturated rings. The largest absolute Gasteiger partial charge is 0.302 e. The third kappa shape index (κ3) is 2.27. The van der Waals surface area contributed by atoms with Crippen LogP contribution in [0.4, 0.5) is 0 Å². The van der Waals surface area contributed by atoms with Crippen LogP contribution >= 0.6 is 11.8 Å². The van der Waals surface area contributed by atoms with Crippen molar-refractivity contribution >= 4 is 17.5 Å². The lowest BCUT2D eigenvalue weighted by Crippen LogP contribution is -2.05. The van der Waals surface area contributed by atoms with Gasteiger partial charge in [-0.15, -0.1) is 10.2 Å². The molecule has 0 amide bonds. The predicted molar refractivity (Wildman–Crippen MR) is 82.0 cm³/mol. The fourth-order valence-corrected chi connectivity index (χ4v) is 3.55. The molecular formula is C14H17N7S. The fraction of sp³-hybridized carbons (Fsp3) is 0.500. The van der Waals surface area contributed by atoms with Gasteiger partial charge in [-0.05, 0) is 37.6 Å². The number of nitrogens with zero attached hydrogens (tertiary/aromatic N) is 7. The third-order valence-electron chi connectivity index (χ3n) is 3.66. The van der Waals surface area contributed by atoms with Crippen molar-refractivity contribution in [2.45, 2.75) is 55.8 Å². The van der Waals surface area contributed by atoms with Gasteiger partial charge in [0, 0.05) is 17.7 Å². The summed E-state index contributed by atoms with van der Waals surface area (Å²) in [5, 5.41) is 14.9. The van der Waals surface area contributed by atoms with E-state index in [1.807, 2.05) is 13.0 Å². The van der Waals surface area contributed by atoms with Crippen molar-refractivity contribution in [2.24, 2.45) is 0 Å². The van der Waals surface area contributed by atoms with Crippen molar-refractivity contribution in [1.29, 1.82) is 0 Å². The van der Waals surface area contributed by atoms with Gasteiger partial charge >= 0.3 is 0 Å². The summed E-state index contributed by atoms with van der Waals surface area (Å²) < 4.78 is 4.03. The summed E-state index contributed by atoms with van der Waals surface area (Å²) in [6, 6.07) is 2.55. The Balaban J connectivity index is 1.78. The molecule has 3 aromatic heterocycles. The van der Waals surface area contributed by atoms with Crippen molar-refractivity contribution in [1.82, 2.24) is 34.3 Å². The lowest BCUT2D eigenvalue weighted by atomic mass is 10.2. The van der Waals surface area contributed by atoms with Gasteiger partial charge < -0.3 is 4.57 Å². The summed E-state index contributed by atoms with van der Waals surface area (Å²) >= 11 is 1.58. The minimum absolute atomic E-state index is 0.369. The Morgan fingerprint density at radius 2 is 2.09 bits per heavy atom. The maximum absolute atomic E-state index is 4.41. The number of aryl methyl sites for hydroxylation is 1. The topological polar surface area (TPSA) is 73.8 Å². The second kappa shape index (κ2) is 5.05. The standard InChI is InChI=1S/C14H17N7S/c1-8(2)12-18-19-14(20(12)10-4-5-10)22-11-6-9(3)17-13-15-7-16-21(11)13/h6-8,10H,4-5H2,1-3H3. The molecule has 1 aliphatic carbocycles. The average Bonchev–Trinajstić information content (AvgIpc) is 3.04. The Morgan fingerprint density at radius 3 is 2.82 bits per heavy atom.